The molecule has 1 aromatic carbocycles. The van der Waals surface area contributed by atoms with E-state index in [4.69, 9.17) is 0 Å². The summed E-state index contributed by atoms with van der Waals surface area (Å²) < 4.78 is 0. The molecule has 5 heteroatoms. The highest BCUT2D eigenvalue weighted by Crippen LogP contribution is 2.20. The summed E-state index contributed by atoms with van der Waals surface area (Å²) in [5.74, 6) is 0.188. The van der Waals surface area contributed by atoms with Crippen LogP contribution in [0.15, 0.2) is 30.3 Å². The first-order valence-corrected chi connectivity index (χ1v) is 7.91. The lowest BCUT2D eigenvalue weighted by atomic mass is 9.94. The third-order valence-electron chi connectivity index (χ3n) is 4.44. The van der Waals surface area contributed by atoms with Crippen LogP contribution in [0.25, 0.3) is 10.9 Å². The Labute approximate surface area is 130 Å². The largest absolute Gasteiger partial charge is 0.393 e. The molecular formula is C17H23N3O2. The van der Waals surface area contributed by atoms with Crippen molar-refractivity contribution in [2.45, 2.75) is 32.4 Å². The van der Waals surface area contributed by atoms with E-state index in [1.807, 2.05) is 23.1 Å². The number of aromatic amines is 1. The smallest absolute Gasteiger partial charge is 0.317 e. The Bertz CT molecular complexity index is 617. The van der Waals surface area contributed by atoms with Gasteiger partial charge in [0, 0.05) is 30.2 Å². The van der Waals surface area contributed by atoms with Crippen LogP contribution in [0.4, 0.5) is 4.79 Å². The van der Waals surface area contributed by atoms with Crippen molar-refractivity contribution in [3.05, 3.63) is 36.0 Å². The third kappa shape index (κ3) is 3.25. The lowest BCUT2D eigenvalue weighted by Crippen LogP contribution is -2.47. The number of urea groups is 1. The number of para-hydroxylation sites is 1. The Kier molecular flexibility index (Phi) is 4.34. The lowest BCUT2D eigenvalue weighted by molar-refractivity contribution is 0.0738. The fourth-order valence-corrected chi connectivity index (χ4v) is 3.10. The molecule has 118 valence electrons. The zero-order chi connectivity index (χ0) is 15.5. The average Bonchev–Trinajstić information content (AvgIpc) is 2.95. The SMILES string of the molecule is CC(O)C1CCCN(C(=O)NCc2cc3ccccc3[nH]2)C1. The highest BCUT2D eigenvalue weighted by Gasteiger charge is 2.26. The standard InChI is InChI=1S/C17H23N3O2/c1-12(21)14-6-4-8-20(11-14)17(22)18-10-15-9-13-5-2-3-7-16(13)19-15/h2-3,5,7,9,12,14,19,21H,4,6,8,10-11H2,1H3,(H,18,22). The number of aromatic nitrogens is 1. The maximum Gasteiger partial charge on any atom is 0.317 e. The minimum atomic E-state index is -0.357. The van der Waals surface area contributed by atoms with Gasteiger partial charge in [0.25, 0.3) is 0 Å². The van der Waals surface area contributed by atoms with Gasteiger partial charge in [0.1, 0.15) is 0 Å². The number of hydrogen-bond acceptors (Lipinski definition) is 2. The van der Waals surface area contributed by atoms with Crippen molar-refractivity contribution in [3.8, 4) is 0 Å². The highest BCUT2D eigenvalue weighted by molar-refractivity contribution is 5.80. The van der Waals surface area contributed by atoms with Crippen molar-refractivity contribution < 1.29 is 9.90 Å². The van der Waals surface area contributed by atoms with Gasteiger partial charge >= 0.3 is 6.03 Å². The predicted molar refractivity (Wildman–Crippen MR) is 86.5 cm³/mol. The normalized spacial score (nSPS) is 20.1. The van der Waals surface area contributed by atoms with E-state index < -0.39 is 0 Å². The molecule has 1 saturated heterocycles. The van der Waals surface area contributed by atoms with Gasteiger partial charge < -0.3 is 20.3 Å². The predicted octanol–water partition coefficient (Wildman–Crippen LogP) is 2.47. The van der Waals surface area contributed by atoms with Crippen LogP contribution in [0, 0.1) is 5.92 Å². The van der Waals surface area contributed by atoms with Crippen LogP contribution in [0.3, 0.4) is 0 Å². The summed E-state index contributed by atoms with van der Waals surface area (Å²) in [6.07, 6.45) is 1.59. The molecule has 22 heavy (non-hydrogen) atoms. The molecule has 0 radical (unpaired) electrons. The topological polar surface area (TPSA) is 68.4 Å². The molecular weight excluding hydrogens is 278 g/mol. The second-order valence-corrected chi connectivity index (χ2v) is 6.13. The molecule has 0 saturated carbocycles. The van der Waals surface area contributed by atoms with Gasteiger partial charge in [-0.25, -0.2) is 4.79 Å². The third-order valence-corrected chi connectivity index (χ3v) is 4.44. The van der Waals surface area contributed by atoms with Gasteiger partial charge in [-0.1, -0.05) is 18.2 Å². The van der Waals surface area contributed by atoms with Crippen molar-refractivity contribution in [1.82, 2.24) is 15.2 Å². The number of piperidine rings is 1. The van der Waals surface area contributed by atoms with Crippen LogP contribution in [0.2, 0.25) is 0 Å². The molecule has 1 aromatic heterocycles. The number of H-pyrrole nitrogens is 1. The molecule has 3 rings (SSSR count). The molecule has 0 bridgehead atoms. The molecule has 2 aromatic rings. The van der Waals surface area contributed by atoms with Crippen LogP contribution < -0.4 is 5.32 Å². The molecule has 0 aliphatic carbocycles. The van der Waals surface area contributed by atoms with Crippen LogP contribution in [-0.2, 0) is 6.54 Å². The van der Waals surface area contributed by atoms with Crippen molar-refractivity contribution in [2.24, 2.45) is 5.92 Å². The van der Waals surface area contributed by atoms with E-state index in [2.05, 4.69) is 22.4 Å². The number of likely N-dealkylation sites (tertiary alicyclic amines) is 1. The molecule has 1 aliphatic rings. The maximum atomic E-state index is 12.3. The van der Waals surface area contributed by atoms with Gasteiger partial charge in [-0.3, -0.25) is 0 Å². The number of hydrogen-bond donors (Lipinski definition) is 3. The summed E-state index contributed by atoms with van der Waals surface area (Å²) in [7, 11) is 0. The minimum Gasteiger partial charge on any atom is -0.393 e. The number of carbonyl (C=O) groups excluding carboxylic acids is 1. The summed E-state index contributed by atoms with van der Waals surface area (Å²) >= 11 is 0. The second kappa shape index (κ2) is 6.40. The number of nitrogens with zero attached hydrogens (tertiary/aromatic N) is 1. The van der Waals surface area contributed by atoms with Gasteiger partial charge in [0.15, 0.2) is 0 Å². The molecule has 2 unspecified atom stereocenters. The highest BCUT2D eigenvalue weighted by atomic mass is 16.3. The average molecular weight is 301 g/mol. The summed E-state index contributed by atoms with van der Waals surface area (Å²) in [6.45, 7) is 3.69. The molecule has 2 amide bonds. The molecule has 3 N–H and O–H groups in total. The number of amides is 2. The fourth-order valence-electron chi connectivity index (χ4n) is 3.10. The molecule has 5 nitrogen and oxygen atoms in total. The van der Waals surface area contributed by atoms with Gasteiger partial charge in [0.05, 0.1) is 12.6 Å². The number of nitrogens with one attached hydrogen (secondary N) is 2. The van der Waals surface area contributed by atoms with E-state index >= 15 is 0 Å². The summed E-state index contributed by atoms with van der Waals surface area (Å²) in [4.78, 5) is 17.4. The number of benzene rings is 1. The monoisotopic (exact) mass is 301 g/mol. The van der Waals surface area contributed by atoms with Crippen molar-refractivity contribution in [2.75, 3.05) is 13.1 Å². The molecule has 1 aliphatic heterocycles. The van der Waals surface area contributed by atoms with E-state index in [0.29, 0.717) is 13.1 Å². The first kappa shape index (κ1) is 14.9. The number of rotatable bonds is 3. The first-order chi connectivity index (χ1) is 10.6. The summed E-state index contributed by atoms with van der Waals surface area (Å²) in [5.41, 5.74) is 2.08. The quantitative estimate of drug-likeness (QED) is 0.815. The Balaban J connectivity index is 1.57. The molecule has 0 spiro atoms. The van der Waals surface area contributed by atoms with Crippen LogP contribution in [0.5, 0.6) is 0 Å². The first-order valence-electron chi connectivity index (χ1n) is 7.91. The minimum absolute atomic E-state index is 0.0518. The van der Waals surface area contributed by atoms with Crippen LogP contribution >= 0.6 is 0 Å². The van der Waals surface area contributed by atoms with Gasteiger partial charge in [-0.15, -0.1) is 0 Å². The Hall–Kier alpha value is -2.01. The zero-order valence-corrected chi connectivity index (χ0v) is 12.9. The lowest BCUT2D eigenvalue weighted by Gasteiger charge is -2.34. The number of carbonyl (C=O) groups is 1. The summed E-state index contributed by atoms with van der Waals surface area (Å²) in [6, 6.07) is 10.1. The number of aliphatic hydroxyl groups excluding tert-OH is 1. The Morgan fingerprint density at radius 2 is 2.32 bits per heavy atom. The van der Waals surface area contributed by atoms with Crippen molar-refractivity contribution in [1.29, 1.82) is 0 Å². The van der Waals surface area contributed by atoms with E-state index in [0.717, 1.165) is 36.0 Å². The van der Waals surface area contributed by atoms with Gasteiger partial charge in [-0.05, 0) is 37.3 Å². The molecule has 2 heterocycles. The maximum absolute atomic E-state index is 12.3. The van der Waals surface area contributed by atoms with Crippen molar-refractivity contribution in [3.63, 3.8) is 0 Å². The van der Waals surface area contributed by atoms with Crippen molar-refractivity contribution >= 4 is 16.9 Å². The number of aliphatic hydroxyl groups is 1. The fraction of sp³-hybridized carbons (Fsp3) is 0.471. The van der Waals surface area contributed by atoms with Crippen LogP contribution in [-0.4, -0.2) is 40.2 Å². The Morgan fingerprint density at radius 3 is 3.09 bits per heavy atom. The summed E-state index contributed by atoms with van der Waals surface area (Å²) in [5, 5.41) is 13.8. The second-order valence-electron chi connectivity index (χ2n) is 6.13. The van der Waals surface area contributed by atoms with Gasteiger partial charge in [0.2, 0.25) is 0 Å². The zero-order valence-electron chi connectivity index (χ0n) is 12.9. The van der Waals surface area contributed by atoms with E-state index in [9.17, 15) is 9.90 Å². The van der Waals surface area contributed by atoms with Gasteiger partial charge in [-0.2, -0.15) is 0 Å². The van der Waals surface area contributed by atoms with E-state index in [-0.39, 0.29) is 18.1 Å². The Morgan fingerprint density at radius 1 is 1.50 bits per heavy atom. The van der Waals surface area contributed by atoms with Crippen LogP contribution in [0.1, 0.15) is 25.5 Å². The van der Waals surface area contributed by atoms with E-state index in [1.54, 1.807) is 6.92 Å². The molecule has 2 atom stereocenters. The number of fused-ring (bicyclic) bond motifs is 1. The van der Waals surface area contributed by atoms with E-state index in [1.165, 1.54) is 0 Å². The molecule has 1 fully saturated rings.